The maximum absolute atomic E-state index is 10.7. The van der Waals surface area contributed by atoms with Crippen LogP contribution in [0.15, 0.2) is 176 Å². The molecular weight excluding hydrogens is 671 g/mol. The highest BCUT2D eigenvalue weighted by molar-refractivity contribution is 6.13. The first-order valence-electron chi connectivity index (χ1n) is 18.3. The van der Waals surface area contributed by atoms with Gasteiger partial charge in [0.25, 0.3) is 0 Å². The fourth-order valence-electron chi connectivity index (χ4n) is 8.67. The molecule has 5 heteroatoms. The minimum absolute atomic E-state index is 0.598. The van der Waals surface area contributed by atoms with E-state index in [0.29, 0.717) is 11.3 Å². The van der Waals surface area contributed by atoms with E-state index in [4.69, 9.17) is 6.57 Å². The molecule has 0 aliphatic rings. The van der Waals surface area contributed by atoms with Crippen molar-refractivity contribution in [3.63, 3.8) is 0 Å². The van der Waals surface area contributed by atoms with Crippen molar-refractivity contribution in [3.8, 4) is 34.3 Å². The Bertz CT molecular complexity index is 3400. The van der Waals surface area contributed by atoms with Crippen LogP contribution in [0.2, 0.25) is 0 Å². The van der Waals surface area contributed by atoms with Gasteiger partial charge in [-0.3, -0.25) is 0 Å². The Morgan fingerprint density at radius 3 is 1.49 bits per heavy atom. The highest BCUT2D eigenvalue weighted by Gasteiger charge is 2.19. The van der Waals surface area contributed by atoms with Crippen LogP contribution in [0.3, 0.4) is 0 Å². The van der Waals surface area contributed by atoms with Crippen LogP contribution in [0.4, 0.5) is 5.69 Å². The van der Waals surface area contributed by atoms with Gasteiger partial charge in [0.2, 0.25) is 0 Å². The van der Waals surface area contributed by atoms with Gasteiger partial charge in [-0.15, -0.1) is 0 Å². The second-order valence-corrected chi connectivity index (χ2v) is 14.0. The zero-order valence-corrected chi connectivity index (χ0v) is 29.5. The van der Waals surface area contributed by atoms with Gasteiger partial charge in [-0.25, -0.2) is 4.85 Å². The topological polar surface area (TPSA) is 42.9 Å². The first kappa shape index (κ1) is 30.7. The van der Waals surface area contributed by atoms with E-state index in [2.05, 4.69) is 170 Å². The number of aromatic nitrogens is 3. The minimum Gasteiger partial charge on any atom is -0.309 e. The number of para-hydroxylation sites is 4. The summed E-state index contributed by atoms with van der Waals surface area (Å²) < 4.78 is 6.82. The van der Waals surface area contributed by atoms with Gasteiger partial charge in [-0.05, 0) is 89.3 Å². The molecular formula is C50H29N5. The molecule has 8 aromatic carbocycles. The molecule has 55 heavy (non-hydrogen) atoms. The summed E-state index contributed by atoms with van der Waals surface area (Å²) in [5, 5.41) is 17.6. The summed E-state index contributed by atoms with van der Waals surface area (Å²) in [6.45, 7) is 7.62. The fraction of sp³-hybridized carbons (Fsp3) is 0. The van der Waals surface area contributed by atoms with Crippen LogP contribution < -0.4 is 0 Å². The van der Waals surface area contributed by atoms with Crippen molar-refractivity contribution < 1.29 is 0 Å². The standard InChI is InChI=1S/C50H29N5/c1-52-35-21-27-49-43(29-35)41-13-5-8-16-47(41)54(49)37-24-25-42-40-12-4-9-17-48(40)55(50(42)30-37)44-26-20-33(28-34(44)31-51)32-18-22-36(23-19-32)53-45-14-6-2-10-38(45)39-11-3-7-15-46(39)53/h2-30H. The van der Waals surface area contributed by atoms with Crippen molar-refractivity contribution in [1.82, 2.24) is 13.7 Å². The van der Waals surface area contributed by atoms with Crippen LogP contribution >= 0.6 is 0 Å². The molecule has 0 atom stereocenters. The largest absolute Gasteiger partial charge is 0.309 e. The molecule has 3 aromatic heterocycles. The molecule has 11 aromatic rings. The Morgan fingerprint density at radius 1 is 0.400 bits per heavy atom. The number of benzene rings is 8. The zero-order chi connectivity index (χ0) is 36.6. The minimum atomic E-state index is 0.598. The van der Waals surface area contributed by atoms with Crippen LogP contribution in [-0.2, 0) is 0 Å². The van der Waals surface area contributed by atoms with E-state index in [1.807, 2.05) is 30.3 Å². The average molecular weight is 700 g/mol. The van der Waals surface area contributed by atoms with Gasteiger partial charge in [0.05, 0.1) is 50.9 Å². The lowest BCUT2D eigenvalue weighted by atomic mass is 10.0. The summed E-state index contributed by atoms with van der Waals surface area (Å²) in [6, 6.07) is 63.7. The predicted octanol–water partition coefficient (Wildman–Crippen LogP) is 13.1. The Labute approximate surface area is 316 Å². The first-order chi connectivity index (χ1) is 27.2. The third-order valence-corrected chi connectivity index (χ3v) is 11.1. The van der Waals surface area contributed by atoms with Crippen molar-refractivity contribution in [2.45, 2.75) is 0 Å². The van der Waals surface area contributed by atoms with Crippen molar-refractivity contribution in [2.24, 2.45) is 0 Å². The third-order valence-electron chi connectivity index (χ3n) is 11.1. The van der Waals surface area contributed by atoms with E-state index in [9.17, 15) is 5.26 Å². The lowest BCUT2D eigenvalue weighted by molar-refractivity contribution is 1.15. The second-order valence-electron chi connectivity index (χ2n) is 14.0. The Balaban J connectivity index is 1.06. The summed E-state index contributed by atoms with van der Waals surface area (Å²) in [6.07, 6.45) is 0. The molecule has 0 saturated carbocycles. The SMILES string of the molecule is [C-]#[N+]c1ccc2c(c1)c1ccccc1n2-c1ccc2c3ccccc3n(-c3ccc(-c4ccc(-n5c6ccccc6c6ccccc65)cc4)cc3C#N)c2c1. The van der Waals surface area contributed by atoms with E-state index in [0.717, 1.165) is 71.8 Å². The molecule has 0 aliphatic carbocycles. The van der Waals surface area contributed by atoms with E-state index < -0.39 is 0 Å². The van der Waals surface area contributed by atoms with Gasteiger partial charge >= 0.3 is 0 Å². The first-order valence-corrected chi connectivity index (χ1v) is 18.3. The highest BCUT2D eigenvalue weighted by Crippen LogP contribution is 2.39. The highest BCUT2D eigenvalue weighted by atomic mass is 15.0. The molecule has 0 N–H and O–H groups in total. The predicted molar refractivity (Wildman–Crippen MR) is 226 cm³/mol. The van der Waals surface area contributed by atoms with E-state index in [1.165, 1.54) is 21.8 Å². The monoisotopic (exact) mass is 699 g/mol. The van der Waals surface area contributed by atoms with Crippen molar-refractivity contribution >= 4 is 71.1 Å². The van der Waals surface area contributed by atoms with Crippen molar-refractivity contribution in [3.05, 3.63) is 193 Å². The summed E-state index contributed by atoms with van der Waals surface area (Å²) in [5.41, 5.74) is 12.7. The number of nitrogens with zero attached hydrogens (tertiary/aromatic N) is 5. The molecule has 0 fully saturated rings. The molecule has 11 rings (SSSR count). The Morgan fingerprint density at radius 2 is 0.891 bits per heavy atom. The molecule has 0 aliphatic heterocycles. The van der Waals surface area contributed by atoms with Gasteiger partial charge in [0.15, 0.2) is 5.69 Å². The molecule has 254 valence electrons. The van der Waals surface area contributed by atoms with Gasteiger partial charge < -0.3 is 13.7 Å². The maximum Gasteiger partial charge on any atom is 0.188 e. The summed E-state index contributed by atoms with van der Waals surface area (Å²) in [5.74, 6) is 0. The van der Waals surface area contributed by atoms with E-state index in [1.54, 1.807) is 0 Å². The average Bonchev–Trinajstić information content (AvgIpc) is 3.88. The zero-order valence-electron chi connectivity index (χ0n) is 29.5. The Kier molecular flexibility index (Phi) is 6.61. The van der Waals surface area contributed by atoms with Crippen molar-refractivity contribution in [2.75, 3.05) is 0 Å². The van der Waals surface area contributed by atoms with Crippen LogP contribution in [0, 0.1) is 17.9 Å². The molecule has 0 unspecified atom stereocenters. The molecule has 5 nitrogen and oxygen atoms in total. The molecule has 0 bridgehead atoms. The van der Waals surface area contributed by atoms with Crippen molar-refractivity contribution in [1.29, 1.82) is 5.26 Å². The van der Waals surface area contributed by atoms with Crippen LogP contribution in [0.5, 0.6) is 0 Å². The van der Waals surface area contributed by atoms with E-state index >= 15 is 0 Å². The fourth-order valence-corrected chi connectivity index (χ4v) is 8.67. The number of fused-ring (bicyclic) bond motifs is 9. The number of nitriles is 1. The lowest BCUT2D eigenvalue weighted by Gasteiger charge is -2.14. The number of rotatable bonds is 4. The molecule has 0 saturated heterocycles. The summed E-state index contributed by atoms with van der Waals surface area (Å²) in [7, 11) is 0. The van der Waals surface area contributed by atoms with Crippen LogP contribution in [0.1, 0.15) is 5.56 Å². The molecule has 3 heterocycles. The summed E-state index contributed by atoms with van der Waals surface area (Å²) in [4.78, 5) is 3.71. The molecule has 0 amide bonds. The van der Waals surface area contributed by atoms with Crippen LogP contribution in [0.25, 0.3) is 98.5 Å². The van der Waals surface area contributed by atoms with Gasteiger partial charge in [0.1, 0.15) is 6.07 Å². The molecule has 0 radical (unpaired) electrons. The lowest BCUT2D eigenvalue weighted by Crippen LogP contribution is -1.99. The Hall–Kier alpha value is -7.86. The van der Waals surface area contributed by atoms with Gasteiger partial charge in [-0.1, -0.05) is 103 Å². The summed E-state index contributed by atoms with van der Waals surface area (Å²) >= 11 is 0. The quantitative estimate of drug-likeness (QED) is 0.169. The van der Waals surface area contributed by atoms with Gasteiger partial charge in [0, 0.05) is 38.3 Å². The van der Waals surface area contributed by atoms with E-state index in [-0.39, 0.29) is 0 Å². The second kappa shape index (κ2) is 11.8. The maximum atomic E-state index is 10.7. The number of hydrogen-bond acceptors (Lipinski definition) is 1. The van der Waals surface area contributed by atoms with Crippen LogP contribution in [-0.4, -0.2) is 13.7 Å². The molecule has 0 spiro atoms. The number of hydrogen-bond donors (Lipinski definition) is 0. The third kappa shape index (κ3) is 4.51. The normalized spacial score (nSPS) is 11.6. The smallest absolute Gasteiger partial charge is 0.188 e. The van der Waals surface area contributed by atoms with Gasteiger partial charge in [-0.2, -0.15) is 5.26 Å².